The molecule has 0 bridgehead atoms. The molecule has 4 aromatic rings. The quantitative estimate of drug-likeness (QED) is 0.107. The van der Waals surface area contributed by atoms with Crippen molar-refractivity contribution in [3.05, 3.63) is 113 Å². The van der Waals surface area contributed by atoms with E-state index < -0.39 is 21.9 Å². The monoisotopic (exact) mass is 623 g/mol. The first-order valence-electron chi connectivity index (χ1n) is 14.2. The van der Waals surface area contributed by atoms with E-state index in [4.69, 9.17) is 19.1 Å². The Labute approximate surface area is 258 Å². The first-order chi connectivity index (χ1) is 21.0. The largest absolute Gasteiger partial charge is 0.491 e. The number of rotatable bonds is 13. The number of ether oxygens (including phenoxy) is 2. The number of anilines is 1. The lowest BCUT2D eigenvalue weighted by atomic mass is 9.94. The normalized spacial score (nSPS) is 10.9. The Morgan fingerprint density at radius 1 is 0.909 bits per heavy atom. The Morgan fingerprint density at radius 2 is 1.61 bits per heavy atom. The summed E-state index contributed by atoms with van der Waals surface area (Å²) in [5.74, 6) is -0.490. The highest BCUT2D eigenvalue weighted by atomic mass is 32.2. The van der Waals surface area contributed by atoms with Gasteiger partial charge in [0.25, 0.3) is 10.1 Å². The Kier molecular flexibility index (Phi) is 12.9. The molecule has 234 valence electrons. The number of hydrogen-bond acceptors (Lipinski definition) is 6. The van der Waals surface area contributed by atoms with Crippen molar-refractivity contribution < 1.29 is 36.7 Å². The predicted octanol–water partition coefficient (Wildman–Crippen LogP) is 7.09. The summed E-state index contributed by atoms with van der Waals surface area (Å²) in [6, 6.07) is 24.6. The highest BCUT2D eigenvalue weighted by molar-refractivity contribution is 7.85. The standard InChI is InChI=1S/C28H32FNO4.C6H6O3S/c1-4-33-12-13-34-25-14-19(2)28(20(3)15-25)23-7-5-6-21(16-23)18-30-24-10-8-22(26(29)17-24)9-11-27(31)32;7-10(8,9)6-4-2-1-3-5-6/h5-8,10,14-17,30H,4,9,11-13,18H2,1-3H3,(H,31,32);1-5H,(H,7,8,9). The summed E-state index contributed by atoms with van der Waals surface area (Å²) in [4.78, 5) is 10.6. The molecular formula is C34H38FNO7S. The van der Waals surface area contributed by atoms with E-state index in [1.807, 2.05) is 31.2 Å². The molecule has 0 aliphatic heterocycles. The number of carboxylic acids is 1. The van der Waals surface area contributed by atoms with E-state index in [0.29, 0.717) is 37.6 Å². The SMILES string of the molecule is CCOCCOc1cc(C)c(-c2cccc(CNc3ccc(CCC(=O)O)c(F)c3)c2)c(C)c1.O=S(=O)(O)c1ccccc1. The molecule has 0 aliphatic carbocycles. The van der Waals surface area contributed by atoms with Gasteiger partial charge in [0.15, 0.2) is 0 Å². The molecular weight excluding hydrogens is 585 g/mol. The van der Waals surface area contributed by atoms with E-state index in [2.05, 4.69) is 31.3 Å². The molecule has 4 rings (SSSR count). The average Bonchev–Trinajstić information content (AvgIpc) is 2.98. The molecule has 0 saturated heterocycles. The van der Waals surface area contributed by atoms with Crippen molar-refractivity contribution in [3.8, 4) is 16.9 Å². The van der Waals surface area contributed by atoms with Gasteiger partial charge in [-0.1, -0.05) is 42.5 Å². The molecule has 44 heavy (non-hydrogen) atoms. The van der Waals surface area contributed by atoms with Gasteiger partial charge in [0.1, 0.15) is 18.2 Å². The summed E-state index contributed by atoms with van der Waals surface area (Å²) in [6.07, 6.45) is 0.0915. The van der Waals surface area contributed by atoms with Gasteiger partial charge in [-0.3, -0.25) is 9.35 Å². The van der Waals surface area contributed by atoms with Crippen LogP contribution in [-0.2, 0) is 32.6 Å². The predicted molar refractivity (Wildman–Crippen MR) is 169 cm³/mol. The fourth-order valence-corrected chi connectivity index (χ4v) is 5.06. The third-order valence-corrected chi connectivity index (χ3v) is 7.49. The maximum atomic E-state index is 14.3. The lowest BCUT2D eigenvalue weighted by Gasteiger charge is -2.15. The Balaban J connectivity index is 0.000000448. The summed E-state index contributed by atoms with van der Waals surface area (Å²) in [6.45, 7) is 8.44. The smallest absolute Gasteiger partial charge is 0.303 e. The molecule has 3 N–H and O–H groups in total. The Hall–Kier alpha value is -4.25. The fraction of sp³-hybridized carbons (Fsp3) is 0.265. The topological polar surface area (TPSA) is 122 Å². The van der Waals surface area contributed by atoms with E-state index in [1.54, 1.807) is 30.3 Å². The number of halogens is 1. The zero-order chi connectivity index (χ0) is 32.1. The minimum Gasteiger partial charge on any atom is -0.491 e. The van der Waals surface area contributed by atoms with E-state index in [0.717, 1.165) is 28.0 Å². The van der Waals surface area contributed by atoms with Crippen LogP contribution in [0, 0.1) is 19.7 Å². The summed E-state index contributed by atoms with van der Waals surface area (Å²) >= 11 is 0. The van der Waals surface area contributed by atoms with Crippen LogP contribution < -0.4 is 10.1 Å². The van der Waals surface area contributed by atoms with Crippen molar-refractivity contribution in [2.24, 2.45) is 0 Å². The molecule has 0 amide bonds. The third kappa shape index (κ3) is 10.8. The van der Waals surface area contributed by atoms with Gasteiger partial charge in [-0.25, -0.2) is 4.39 Å². The summed E-state index contributed by atoms with van der Waals surface area (Å²) < 4.78 is 54.7. The van der Waals surface area contributed by atoms with Crippen molar-refractivity contribution in [1.29, 1.82) is 0 Å². The highest BCUT2D eigenvalue weighted by Crippen LogP contribution is 2.32. The van der Waals surface area contributed by atoms with Crippen LogP contribution in [0.15, 0.2) is 89.8 Å². The highest BCUT2D eigenvalue weighted by Gasteiger charge is 2.11. The van der Waals surface area contributed by atoms with Crippen molar-refractivity contribution in [3.63, 3.8) is 0 Å². The van der Waals surface area contributed by atoms with Gasteiger partial charge in [-0.2, -0.15) is 8.42 Å². The lowest BCUT2D eigenvalue weighted by molar-refractivity contribution is -0.136. The Bertz CT molecular complexity index is 1620. The van der Waals surface area contributed by atoms with Gasteiger partial charge in [0, 0.05) is 25.3 Å². The molecule has 0 unspecified atom stereocenters. The first-order valence-corrected chi connectivity index (χ1v) is 15.6. The van der Waals surface area contributed by atoms with E-state index in [-0.39, 0.29) is 17.7 Å². The van der Waals surface area contributed by atoms with Gasteiger partial charge in [0.2, 0.25) is 0 Å². The molecule has 0 saturated carbocycles. The van der Waals surface area contributed by atoms with Gasteiger partial charge in [-0.15, -0.1) is 0 Å². The number of carboxylic acid groups (broad SMARTS) is 1. The third-order valence-electron chi connectivity index (χ3n) is 6.62. The average molecular weight is 624 g/mol. The number of hydrogen-bond donors (Lipinski definition) is 3. The molecule has 10 heteroatoms. The van der Waals surface area contributed by atoms with Crippen LogP contribution in [0.25, 0.3) is 11.1 Å². The summed E-state index contributed by atoms with van der Waals surface area (Å²) in [5.41, 5.74) is 6.70. The number of nitrogens with one attached hydrogen (secondary N) is 1. The minimum atomic E-state index is -4.00. The minimum absolute atomic E-state index is 0.0741. The van der Waals surface area contributed by atoms with Gasteiger partial charge >= 0.3 is 5.97 Å². The van der Waals surface area contributed by atoms with Crippen molar-refractivity contribution in [1.82, 2.24) is 0 Å². The van der Waals surface area contributed by atoms with E-state index >= 15 is 0 Å². The second-order valence-corrected chi connectivity index (χ2v) is 11.4. The lowest BCUT2D eigenvalue weighted by Crippen LogP contribution is -2.06. The van der Waals surface area contributed by atoms with Crippen LogP contribution in [0.1, 0.15) is 35.6 Å². The van der Waals surface area contributed by atoms with Crippen LogP contribution in [0.5, 0.6) is 5.75 Å². The molecule has 0 atom stereocenters. The maximum Gasteiger partial charge on any atom is 0.303 e. The van der Waals surface area contributed by atoms with Crippen LogP contribution >= 0.6 is 0 Å². The van der Waals surface area contributed by atoms with Crippen LogP contribution in [-0.4, -0.2) is 43.9 Å². The number of carbonyl (C=O) groups is 1. The zero-order valence-electron chi connectivity index (χ0n) is 25.0. The van der Waals surface area contributed by atoms with Gasteiger partial charge in [0.05, 0.1) is 11.5 Å². The molecule has 4 aromatic carbocycles. The van der Waals surface area contributed by atoms with Crippen molar-refractivity contribution >= 4 is 21.8 Å². The van der Waals surface area contributed by atoms with Crippen LogP contribution in [0.4, 0.5) is 10.1 Å². The molecule has 8 nitrogen and oxygen atoms in total. The molecule has 0 aliphatic rings. The molecule has 0 aromatic heterocycles. The number of benzene rings is 4. The van der Waals surface area contributed by atoms with Gasteiger partial charge in [-0.05, 0) is 103 Å². The summed E-state index contributed by atoms with van der Waals surface area (Å²) in [7, 11) is -4.00. The molecule has 0 radical (unpaired) electrons. The van der Waals surface area contributed by atoms with E-state index in [1.165, 1.54) is 23.8 Å². The van der Waals surface area contributed by atoms with E-state index in [9.17, 15) is 17.6 Å². The first kappa shape index (κ1) is 34.2. The van der Waals surface area contributed by atoms with Crippen molar-refractivity contribution in [2.45, 2.75) is 45.1 Å². The van der Waals surface area contributed by atoms with Crippen molar-refractivity contribution in [2.75, 3.05) is 25.1 Å². The molecule has 0 fully saturated rings. The Morgan fingerprint density at radius 3 is 2.20 bits per heavy atom. The molecule has 0 heterocycles. The summed E-state index contributed by atoms with van der Waals surface area (Å²) in [5, 5.41) is 12.0. The number of aryl methyl sites for hydroxylation is 3. The zero-order valence-corrected chi connectivity index (χ0v) is 25.9. The fourth-order valence-electron chi connectivity index (χ4n) is 4.56. The van der Waals surface area contributed by atoms with Crippen LogP contribution in [0.3, 0.4) is 0 Å². The number of aliphatic carboxylic acids is 1. The van der Waals surface area contributed by atoms with Gasteiger partial charge < -0.3 is 19.9 Å². The molecule has 0 spiro atoms. The second kappa shape index (κ2) is 16.6. The van der Waals surface area contributed by atoms with Crippen LogP contribution in [0.2, 0.25) is 0 Å². The maximum absolute atomic E-state index is 14.3. The second-order valence-electron chi connectivity index (χ2n) is 10.0.